The zero-order valence-electron chi connectivity index (χ0n) is 6.92. The van der Waals surface area contributed by atoms with Crippen molar-refractivity contribution in [1.82, 2.24) is 0 Å². The predicted octanol–water partition coefficient (Wildman–Crippen LogP) is 2.03. The van der Waals surface area contributed by atoms with E-state index in [-0.39, 0.29) is 5.57 Å². The Balaban J connectivity index is 2.74. The van der Waals surface area contributed by atoms with Crippen LogP contribution in [0.2, 0.25) is 0 Å². The third-order valence-corrected chi connectivity index (χ3v) is 1.40. The van der Waals surface area contributed by atoms with Gasteiger partial charge in [-0.15, -0.1) is 0 Å². The highest BCUT2D eigenvalue weighted by Crippen LogP contribution is 2.08. The molecule has 1 aromatic rings. The van der Waals surface area contributed by atoms with Gasteiger partial charge in [0.25, 0.3) is 0 Å². The van der Waals surface area contributed by atoms with Gasteiger partial charge in [-0.05, 0) is 12.1 Å². The van der Waals surface area contributed by atoms with Crippen molar-refractivity contribution in [3.63, 3.8) is 0 Å². The lowest BCUT2D eigenvalue weighted by Crippen LogP contribution is -1.84. The summed E-state index contributed by atoms with van der Waals surface area (Å²) >= 11 is 0. The summed E-state index contributed by atoms with van der Waals surface area (Å²) in [4.78, 5) is 14.2. The number of aliphatic imine (C=N–C) groups is 1. The molecule has 0 saturated carbocycles. The Bertz CT molecular complexity index is 328. The van der Waals surface area contributed by atoms with Crippen molar-refractivity contribution in [1.29, 1.82) is 0 Å². The van der Waals surface area contributed by atoms with E-state index < -0.39 is 0 Å². The Morgan fingerprint density at radius 1 is 1.31 bits per heavy atom. The van der Waals surface area contributed by atoms with Crippen molar-refractivity contribution in [3.8, 4) is 0 Å². The topological polar surface area (TPSA) is 49.7 Å². The zero-order chi connectivity index (χ0) is 9.52. The van der Waals surface area contributed by atoms with Gasteiger partial charge in [0.1, 0.15) is 0 Å². The minimum atomic E-state index is 0.142. The van der Waals surface area contributed by atoms with Crippen LogP contribution in [-0.2, 0) is 4.79 Å². The molecule has 0 spiro atoms. The van der Waals surface area contributed by atoms with Crippen LogP contribution in [0.1, 0.15) is 0 Å². The highest BCUT2D eigenvalue weighted by atomic mass is 16.2. The summed E-state index contributed by atoms with van der Waals surface area (Å²) in [6, 6.07) is 9.17. The molecule has 0 unspecified atom stereocenters. The van der Waals surface area contributed by atoms with Crippen molar-refractivity contribution in [3.05, 3.63) is 42.2 Å². The molecule has 0 amide bonds. The molecule has 0 aliphatic heterocycles. The lowest BCUT2D eigenvalue weighted by atomic mass is 10.3. The van der Waals surface area contributed by atoms with Gasteiger partial charge in [0.05, 0.1) is 17.5 Å². The number of aliphatic hydroxyl groups is 1. The second-order valence-corrected chi connectivity index (χ2v) is 2.34. The van der Waals surface area contributed by atoms with Crippen LogP contribution in [0.4, 0.5) is 5.69 Å². The van der Waals surface area contributed by atoms with E-state index >= 15 is 0 Å². The number of hydrogen-bond donors (Lipinski definition) is 1. The van der Waals surface area contributed by atoms with E-state index in [0.29, 0.717) is 6.29 Å². The molecule has 0 atom stereocenters. The quantitative estimate of drug-likeness (QED) is 0.330. The summed E-state index contributed by atoms with van der Waals surface area (Å²) in [5.41, 5.74) is 0.882. The van der Waals surface area contributed by atoms with E-state index in [2.05, 4.69) is 4.99 Å². The van der Waals surface area contributed by atoms with E-state index in [9.17, 15) is 4.79 Å². The number of para-hydroxylation sites is 1. The third kappa shape index (κ3) is 2.91. The van der Waals surface area contributed by atoms with E-state index in [1.54, 1.807) is 12.1 Å². The van der Waals surface area contributed by atoms with E-state index in [4.69, 9.17) is 5.11 Å². The molecule has 1 N–H and O–H groups in total. The third-order valence-electron chi connectivity index (χ3n) is 1.40. The van der Waals surface area contributed by atoms with Gasteiger partial charge in [0, 0.05) is 6.21 Å². The molecule has 0 aliphatic carbocycles. The fourth-order valence-electron chi connectivity index (χ4n) is 0.757. The van der Waals surface area contributed by atoms with Crippen molar-refractivity contribution in [2.45, 2.75) is 0 Å². The summed E-state index contributed by atoms with van der Waals surface area (Å²) in [6.07, 6.45) is 2.56. The lowest BCUT2D eigenvalue weighted by Gasteiger charge is -1.90. The van der Waals surface area contributed by atoms with Crippen LogP contribution in [-0.4, -0.2) is 17.6 Å². The molecule has 66 valence electrons. The molecular formula is C10H9NO2. The van der Waals surface area contributed by atoms with Crippen LogP contribution < -0.4 is 0 Å². The largest absolute Gasteiger partial charge is 0.515 e. The number of nitrogens with zero attached hydrogens (tertiary/aromatic N) is 1. The Kier molecular flexibility index (Phi) is 3.45. The molecule has 3 nitrogen and oxygen atoms in total. The van der Waals surface area contributed by atoms with Gasteiger partial charge in [-0.25, -0.2) is 0 Å². The average Bonchev–Trinajstić information content (AvgIpc) is 2.21. The molecule has 13 heavy (non-hydrogen) atoms. The Morgan fingerprint density at radius 3 is 2.54 bits per heavy atom. The average molecular weight is 175 g/mol. The summed E-state index contributed by atoms with van der Waals surface area (Å²) in [7, 11) is 0. The van der Waals surface area contributed by atoms with Gasteiger partial charge in [-0.3, -0.25) is 9.79 Å². The highest BCUT2D eigenvalue weighted by Gasteiger charge is 1.88. The second-order valence-electron chi connectivity index (χ2n) is 2.34. The van der Waals surface area contributed by atoms with Gasteiger partial charge in [0.15, 0.2) is 6.29 Å². The summed E-state index contributed by atoms with van der Waals surface area (Å²) in [6.45, 7) is 0. The Hall–Kier alpha value is -1.90. The summed E-state index contributed by atoms with van der Waals surface area (Å²) in [5.74, 6) is 0. The number of aliphatic hydroxyl groups excluding tert-OH is 1. The first kappa shape index (κ1) is 9.19. The number of hydrogen-bond acceptors (Lipinski definition) is 3. The van der Waals surface area contributed by atoms with E-state index in [1.807, 2.05) is 18.2 Å². The first-order valence-corrected chi connectivity index (χ1v) is 3.75. The fraction of sp³-hybridized carbons (Fsp3) is 0. The van der Waals surface area contributed by atoms with Gasteiger partial charge >= 0.3 is 0 Å². The molecule has 0 aliphatic rings. The van der Waals surface area contributed by atoms with E-state index in [1.165, 1.54) is 6.21 Å². The van der Waals surface area contributed by atoms with Gasteiger partial charge < -0.3 is 5.11 Å². The van der Waals surface area contributed by atoms with Crippen molar-refractivity contribution in [2.75, 3.05) is 0 Å². The smallest absolute Gasteiger partial charge is 0.154 e. The lowest BCUT2D eigenvalue weighted by molar-refractivity contribution is -0.104. The SMILES string of the molecule is O=C/C(C=Nc1ccccc1)=C/O. The molecule has 0 saturated heterocycles. The normalized spacial score (nSPS) is 11.8. The maximum atomic E-state index is 10.2. The number of allylic oxidation sites excluding steroid dienone is 1. The molecule has 0 bridgehead atoms. The monoisotopic (exact) mass is 175 g/mol. The molecule has 1 rings (SSSR count). The number of carbonyl (C=O) groups is 1. The standard InChI is InChI=1S/C10H9NO2/c12-7-9(8-13)6-11-10-4-2-1-3-5-10/h1-8,12H/b9-7+,11-6?. The van der Waals surface area contributed by atoms with Crippen LogP contribution >= 0.6 is 0 Å². The van der Waals surface area contributed by atoms with Gasteiger partial charge in [-0.1, -0.05) is 18.2 Å². The summed E-state index contributed by atoms with van der Waals surface area (Å²) < 4.78 is 0. The van der Waals surface area contributed by atoms with Crippen molar-refractivity contribution >= 4 is 18.2 Å². The predicted molar refractivity (Wildman–Crippen MR) is 51.4 cm³/mol. The van der Waals surface area contributed by atoms with Crippen LogP contribution in [0, 0.1) is 0 Å². The molecule has 0 heterocycles. The second kappa shape index (κ2) is 4.87. The number of carbonyl (C=O) groups excluding carboxylic acids is 1. The summed E-state index contributed by atoms with van der Waals surface area (Å²) in [5, 5.41) is 8.52. The van der Waals surface area contributed by atoms with Crippen molar-refractivity contribution in [2.24, 2.45) is 4.99 Å². The van der Waals surface area contributed by atoms with Crippen LogP contribution in [0.5, 0.6) is 0 Å². The number of benzene rings is 1. The minimum absolute atomic E-state index is 0.142. The maximum absolute atomic E-state index is 10.2. The maximum Gasteiger partial charge on any atom is 0.154 e. The Morgan fingerprint density at radius 2 is 2.00 bits per heavy atom. The van der Waals surface area contributed by atoms with Gasteiger partial charge in [0.2, 0.25) is 0 Å². The molecule has 3 heteroatoms. The molecule has 0 radical (unpaired) electrons. The Labute approximate surface area is 76.1 Å². The zero-order valence-corrected chi connectivity index (χ0v) is 6.92. The van der Waals surface area contributed by atoms with Gasteiger partial charge in [-0.2, -0.15) is 0 Å². The van der Waals surface area contributed by atoms with Crippen molar-refractivity contribution < 1.29 is 9.90 Å². The first-order valence-electron chi connectivity index (χ1n) is 3.75. The van der Waals surface area contributed by atoms with E-state index in [0.717, 1.165) is 11.9 Å². The molecule has 1 aromatic carbocycles. The molecule has 0 aromatic heterocycles. The number of rotatable bonds is 3. The van der Waals surface area contributed by atoms with Crippen LogP contribution in [0.3, 0.4) is 0 Å². The first-order chi connectivity index (χ1) is 6.36. The fourth-order valence-corrected chi connectivity index (χ4v) is 0.757. The number of aldehydes is 1. The highest BCUT2D eigenvalue weighted by molar-refractivity contribution is 6.02. The van der Waals surface area contributed by atoms with Crippen LogP contribution in [0.15, 0.2) is 47.2 Å². The molecular weight excluding hydrogens is 166 g/mol. The van der Waals surface area contributed by atoms with Crippen LogP contribution in [0.25, 0.3) is 0 Å². The molecule has 0 fully saturated rings. The minimum Gasteiger partial charge on any atom is -0.515 e.